The first-order valence-electron chi connectivity index (χ1n) is 16.8. The Bertz CT molecular complexity index is 2290. The predicted molar refractivity (Wildman–Crippen MR) is 212 cm³/mol. The van der Waals surface area contributed by atoms with Crippen molar-refractivity contribution in [1.82, 2.24) is 0 Å². The number of anilines is 2. The highest BCUT2D eigenvalue weighted by molar-refractivity contribution is 7.99. The van der Waals surface area contributed by atoms with Gasteiger partial charge in [0.2, 0.25) is 9.84 Å². The smallest absolute Gasteiger partial charge is 0.206 e. The fraction of sp³-hybridized carbons (Fsp3) is 0.0667. The van der Waals surface area contributed by atoms with E-state index in [2.05, 4.69) is 109 Å². The molecule has 0 aliphatic carbocycles. The van der Waals surface area contributed by atoms with E-state index in [1.807, 2.05) is 54.6 Å². The van der Waals surface area contributed by atoms with Crippen LogP contribution in [0.1, 0.15) is 27.8 Å². The lowest BCUT2D eigenvalue weighted by molar-refractivity contribution is 0.596. The van der Waals surface area contributed by atoms with Crippen LogP contribution in [-0.2, 0) is 22.7 Å². The summed E-state index contributed by atoms with van der Waals surface area (Å²) in [7, 11) is -3.62. The number of hydrogen-bond donors (Lipinski definition) is 1. The van der Waals surface area contributed by atoms with Crippen LogP contribution < -0.4 is 5.32 Å². The molecule has 0 amide bonds. The average molecular weight is 720 g/mol. The van der Waals surface area contributed by atoms with Crippen LogP contribution in [0.4, 0.5) is 11.4 Å². The van der Waals surface area contributed by atoms with E-state index >= 15 is 0 Å². The molecular weight excluding hydrogens is 683 g/mol. The Labute approximate surface area is 309 Å². The summed E-state index contributed by atoms with van der Waals surface area (Å²) in [4.78, 5) is 5.44. The van der Waals surface area contributed by atoms with Crippen molar-refractivity contribution >= 4 is 44.7 Å². The molecule has 7 aromatic rings. The molecule has 7 rings (SSSR count). The van der Waals surface area contributed by atoms with Crippen LogP contribution >= 0.6 is 23.5 Å². The van der Waals surface area contributed by atoms with Gasteiger partial charge < -0.3 is 5.32 Å². The van der Waals surface area contributed by atoms with Gasteiger partial charge in [0.15, 0.2) is 0 Å². The molecule has 0 saturated heterocycles. The molecular formula is C45H37NO2S3. The molecule has 0 aliphatic rings. The lowest BCUT2D eigenvalue weighted by atomic mass is 10.0. The lowest BCUT2D eigenvalue weighted by Gasteiger charge is -2.09. The highest BCUT2D eigenvalue weighted by Crippen LogP contribution is 2.33. The van der Waals surface area contributed by atoms with Gasteiger partial charge in [-0.1, -0.05) is 108 Å². The Morgan fingerprint density at radius 2 is 0.745 bits per heavy atom. The minimum Gasteiger partial charge on any atom is -0.356 e. The second-order valence-corrected chi connectivity index (χ2v) is 16.7. The first-order chi connectivity index (χ1) is 24.9. The van der Waals surface area contributed by atoms with Crippen molar-refractivity contribution in [2.24, 2.45) is 0 Å². The highest BCUT2D eigenvalue weighted by atomic mass is 32.2. The van der Waals surface area contributed by atoms with Gasteiger partial charge in [0.25, 0.3) is 0 Å². The molecule has 0 fully saturated rings. The van der Waals surface area contributed by atoms with Crippen molar-refractivity contribution in [2.45, 2.75) is 49.1 Å². The molecule has 0 saturated carbocycles. The number of benzene rings is 7. The van der Waals surface area contributed by atoms with Gasteiger partial charge in [-0.2, -0.15) is 0 Å². The second kappa shape index (κ2) is 15.9. The summed E-state index contributed by atoms with van der Waals surface area (Å²) in [5, 5.41) is 3.40. The van der Waals surface area contributed by atoms with Crippen LogP contribution in [0.5, 0.6) is 0 Å². The third kappa shape index (κ3) is 9.21. The SMILES string of the molecule is Cc1ccc(Sc2ccc(Sc3ccc(Cc4ccc(S(=O)(=O)c5ccc(Cc6ccc(Nc7ccccc7)cc6)cc5)cc4)cc3)cc2)cc1. The van der Waals surface area contributed by atoms with Gasteiger partial charge in [-0.15, -0.1) is 0 Å². The zero-order chi connectivity index (χ0) is 35.0. The van der Waals surface area contributed by atoms with Crippen molar-refractivity contribution in [3.8, 4) is 0 Å². The topological polar surface area (TPSA) is 46.2 Å². The molecule has 0 unspecified atom stereocenters. The van der Waals surface area contributed by atoms with Crippen LogP contribution in [0.3, 0.4) is 0 Å². The first kappa shape index (κ1) is 34.4. The maximum atomic E-state index is 13.4. The summed E-state index contributed by atoms with van der Waals surface area (Å²) in [5.74, 6) is 0. The van der Waals surface area contributed by atoms with Gasteiger partial charge in [0.1, 0.15) is 0 Å². The van der Waals surface area contributed by atoms with Gasteiger partial charge in [-0.25, -0.2) is 8.42 Å². The van der Waals surface area contributed by atoms with Crippen molar-refractivity contribution < 1.29 is 8.42 Å². The van der Waals surface area contributed by atoms with E-state index in [1.54, 1.807) is 47.8 Å². The number of rotatable bonds is 12. The zero-order valence-electron chi connectivity index (χ0n) is 28.2. The number of sulfone groups is 1. The molecule has 252 valence electrons. The molecule has 0 spiro atoms. The third-order valence-electron chi connectivity index (χ3n) is 8.54. The molecule has 1 N–H and O–H groups in total. The monoisotopic (exact) mass is 719 g/mol. The maximum Gasteiger partial charge on any atom is 0.206 e. The van der Waals surface area contributed by atoms with Gasteiger partial charge in [0.05, 0.1) is 9.79 Å². The number of nitrogens with one attached hydrogen (secondary N) is 1. The standard InChI is InChI=1S/C45H37NO2S3/c1-33-7-19-40(20-8-33)49-42-23-25-43(26-24-42)50-41-21-11-35(12-22-41)32-37-15-29-45(30-16-37)51(47,48)44-27-13-36(14-28-44)31-34-9-17-39(18-10-34)46-38-5-3-2-4-6-38/h2-30,46H,31-32H2,1H3. The van der Waals surface area contributed by atoms with Gasteiger partial charge in [-0.05, 0) is 139 Å². The van der Waals surface area contributed by atoms with Crippen molar-refractivity contribution in [2.75, 3.05) is 5.32 Å². The van der Waals surface area contributed by atoms with E-state index in [1.165, 1.54) is 30.7 Å². The Morgan fingerprint density at radius 1 is 0.412 bits per heavy atom. The minimum atomic E-state index is -3.62. The van der Waals surface area contributed by atoms with Crippen LogP contribution in [-0.4, -0.2) is 8.42 Å². The summed E-state index contributed by atoms with van der Waals surface area (Å²) in [5.41, 5.74) is 7.80. The zero-order valence-corrected chi connectivity index (χ0v) is 30.6. The molecule has 0 aliphatic heterocycles. The van der Waals surface area contributed by atoms with E-state index in [9.17, 15) is 8.42 Å². The van der Waals surface area contributed by atoms with Crippen LogP contribution in [0.15, 0.2) is 205 Å². The normalized spacial score (nSPS) is 11.3. The predicted octanol–water partition coefficient (Wildman–Crippen LogP) is 12.1. The van der Waals surface area contributed by atoms with Crippen molar-refractivity contribution in [3.63, 3.8) is 0 Å². The fourth-order valence-electron chi connectivity index (χ4n) is 5.70. The third-order valence-corrected chi connectivity index (χ3v) is 12.4. The lowest BCUT2D eigenvalue weighted by Crippen LogP contribution is -2.02. The molecule has 0 atom stereocenters. The van der Waals surface area contributed by atoms with Gasteiger partial charge in [0, 0.05) is 31.0 Å². The van der Waals surface area contributed by atoms with Crippen molar-refractivity contribution in [1.29, 1.82) is 0 Å². The van der Waals surface area contributed by atoms with Gasteiger partial charge in [-0.3, -0.25) is 0 Å². The molecule has 0 aromatic heterocycles. The quantitative estimate of drug-likeness (QED) is 0.136. The van der Waals surface area contributed by atoms with E-state index in [0.29, 0.717) is 9.79 Å². The van der Waals surface area contributed by atoms with E-state index in [-0.39, 0.29) is 0 Å². The summed E-state index contributed by atoms with van der Waals surface area (Å²) in [6, 6.07) is 58.8. The average Bonchev–Trinajstić information content (AvgIpc) is 3.16. The summed E-state index contributed by atoms with van der Waals surface area (Å²) < 4.78 is 26.9. The molecule has 3 nitrogen and oxygen atoms in total. The number of aryl methyl sites for hydroxylation is 1. The van der Waals surface area contributed by atoms with Crippen LogP contribution in [0.25, 0.3) is 0 Å². The van der Waals surface area contributed by atoms with Crippen LogP contribution in [0.2, 0.25) is 0 Å². The summed E-state index contributed by atoms with van der Waals surface area (Å²) >= 11 is 3.52. The molecule has 6 heteroatoms. The number of hydrogen-bond acceptors (Lipinski definition) is 5. The van der Waals surface area contributed by atoms with Crippen LogP contribution in [0, 0.1) is 6.92 Å². The summed E-state index contributed by atoms with van der Waals surface area (Å²) in [6.45, 7) is 2.10. The Balaban J connectivity index is 0.917. The Morgan fingerprint density at radius 3 is 1.18 bits per heavy atom. The fourth-order valence-corrected chi connectivity index (χ4v) is 8.60. The molecule has 51 heavy (non-hydrogen) atoms. The Hall–Kier alpha value is -5.01. The van der Waals surface area contributed by atoms with E-state index in [0.717, 1.165) is 40.9 Å². The minimum absolute atomic E-state index is 0.300. The molecule has 0 radical (unpaired) electrons. The van der Waals surface area contributed by atoms with Crippen molar-refractivity contribution in [3.05, 3.63) is 204 Å². The summed E-state index contributed by atoms with van der Waals surface area (Å²) in [6.07, 6.45) is 1.45. The molecule has 0 bridgehead atoms. The van der Waals surface area contributed by atoms with E-state index < -0.39 is 9.84 Å². The van der Waals surface area contributed by atoms with Gasteiger partial charge >= 0.3 is 0 Å². The highest BCUT2D eigenvalue weighted by Gasteiger charge is 2.17. The first-order valence-corrected chi connectivity index (χ1v) is 19.9. The van der Waals surface area contributed by atoms with E-state index in [4.69, 9.17) is 0 Å². The molecule has 0 heterocycles. The Kier molecular flexibility index (Phi) is 10.7. The number of para-hydroxylation sites is 1. The largest absolute Gasteiger partial charge is 0.356 e. The maximum absolute atomic E-state index is 13.4. The molecule has 7 aromatic carbocycles. The second-order valence-electron chi connectivity index (χ2n) is 12.5.